The molecule has 2 amide bonds. The molecule has 0 saturated carbocycles. The molecule has 192 valence electrons. The van der Waals surface area contributed by atoms with Crippen LogP contribution in [-0.4, -0.2) is 27.5 Å². The van der Waals surface area contributed by atoms with E-state index in [2.05, 4.69) is 15.4 Å². The lowest BCUT2D eigenvalue weighted by molar-refractivity contribution is 0.252. The fourth-order valence-electron chi connectivity index (χ4n) is 3.29. The fourth-order valence-corrected chi connectivity index (χ4v) is 6.32. The van der Waals surface area contributed by atoms with E-state index in [1.807, 2.05) is 0 Å². The number of amides is 2. The van der Waals surface area contributed by atoms with Crippen molar-refractivity contribution < 1.29 is 17.9 Å². The second-order valence-corrected chi connectivity index (χ2v) is 11.7. The summed E-state index contributed by atoms with van der Waals surface area (Å²) in [7, 11) is -3.88. The molecule has 0 atom stereocenters. The molecule has 1 heterocycles. The number of rotatable bonds is 9. The molecule has 3 aromatic carbocycles. The zero-order chi connectivity index (χ0) is 26.4. The van der Waals surface area contributed by atoms with Crippen molar-refractivity contribution in [1.29, 1.82) is 0 Å². The lowest BCUT2D eigenvalue weighted by atomic mass is 10.1. The predicted molar refractivity (Wildman–Crippen MR) is 150 cm³/mol. The third-order valence-corrected chi connectivity index (χ3v) is 8.70. The fraction of sp³-hybridized carbons (Fsp3) is 0.0800. The molecule has 0 fully saturated rings. The highest BCUT2D eigenvalue weighted by atomic mass is 35.5. The molecule has 0 aliphatic rings. The van der Waals surface area contributed by atoms with Gasteiger partial charge in [0.25, 0.3) is 10.0 Å². The van der Waals surface area contributed by atoms with Crippen LogP contribution in [0.2, 0.25) is 15.1 Å². The van der Waals surface area contributed by atoms with Crippen LogP contribution in [0.15, 0.2) is 82.4 Å². The first kappa shape index (κ1) is 27.3. The first-order valence-electron chi connectivity index (χ1n) is 10.8. The van der Waals surface area contributed by atoms with Crippen molar-refractivity contribution in [2.24, 2.45) is 0 Å². The Kier molecular flexibility index (Phi) is 8.96. The third-order valence-electron chi connectivity index (χ3n) is 4.97. The quantitative estimate of drug-likeness (QED) is 0.177. The maximum Gasteiger partial charge on any atom is 0.319 e. The number of nitrogens with one attached hydrogen (secondary N) is 3. The van der Waals surface area contributed by atoms with E-state index in [-0.39, 0.29) is 17.3 Å². The standard InChI is InChI=1S/C25H20Cl3N3O4S2/c26-16-5-8-18(9-6-16)31-25(32)29-12-13-30-37(33,34)24-20(11-14-36-24)19-3-1-2-4-22(19)35-23-10-7-17(27)15-21(23)28/h1-11,14-15,30H,12-13H2,(H2,29,31,32). The van der Waals surface area contributed by atoms with Gasteiger partial charge in [-0.3, -0.25) is 0 Å². The molecule has 37 heavy (non-hydrogen) atoms. The van der Waals surface area contributed by atoms with Gasteiger partial charge in [-0.25, -0.2) is 17.9 Å². The Morgan fingerprint density at radius 3 is 2.32 bits per heavy atom. The van der Waals surface area contributed by atoms with Gasteiger partial charge in [-0.15, -0.1) is 11.3 Å². The lowest BCUT2D eigenvalue weighted by Crippen LogP contribution is -2.36. The topological polar surface area (TPSA) is 96.5 Å². The number of carbonyl (C=O) groups excluding carboxylic acids is 1. The molecule has 1 aromatic heterocycles. The molecule has 4 rings (SSSR count). The summed E-state index contributed by atoms with van der Waals surface area (Å²) in [5.41, 5.74) is 1.62. The molecule has 3 N–H and O–H groups in total. The molecule has 4 aromatic rings. The van der Waals surface area contributed by atoms with Crippen molar-refractivity contribution in [2.75, 3.05) is 18.4 Å². The average molecular weight is 597 g/mol. The summed E-state index contributed by atoms with van der Waals surface area (Å²) >= 11 is 19.1. The number of urea groups is 1. The Hall–Kier alpha value is -2.79. The number of ether oxygens (including phenoxy) is 1. The van der Waals surface area contributed by atoms with Crippen molar-refractivity contribution in [3.63, 3.8) is 0 Å². The second kappa shape index (κ2) is 12.2. The molecular formula is C25H20Cl3N3O4S2. The molecule has 0 spiro atoms. The number of para-hydroxylation sites is 1. The van der Waals surface area contributed by atoms with Crippen molar-refractivity contribution >= 4 is 67.9 Å². The van der Waals surface area contributed by atoms with Crippen molar-refractivity contribution in [3.05, 3.63) is 93.2 Å². The largest absolute Gasteiger partial charge is 0.455 e. The van der Waals surface area contributed by atoms with E-state index in [4.69, 9.17) is 39.5 Å². The highest BCUT2D eigenvalue weighted by molar-refractivity contribution is 7.91. The number of carbonyl (C=O) groups is 1. The summed E-state index contributed by atoms with van der Waals surface area (Å²) in [5, 5.41) is 8.29. The molecule has 12 heteroatoms. The summed E-state index contributed by atoms with van der Waals surface area (Å²) in [5.74, 6) is 0.821. The van der Waals surface area contributed by atoms with Gasteiger partial charge in [-0.1, -0.05) is 53.0 Å². The SMILES string of the molecule is O=C(NCCNS(=O)(=O)c1sccc1-c1ccccc1Oc1ccc(Cl)cc1Cl)Nc1ccc(Cl)cc1. The number of sulfonamides is 1. The minimum absolute atomic E-state index is 0.00770. The van der Waals surface area contributed by atoms with Gasteiger partial charge in [0.15, 0.2) is 0 Å². The van der Waals surface area contributed by atoms with Crippen LogP contribution in [0.3, 0.4) is 0 Å². The van der Waals surface area contributed by atoms with Gasteiger partial charge in [0, 0.05) is 39.9 Å². The highest BCUT2D eigenvalue weighted by Crippen LogP contribution is 2.40. The minimum Gasteiger partial charge on any atom is -0.455 e. The second-order valence-electron chi connectivity index (χ2n) is 7.58. The van der Waals surface area contributed by atoms with E-state index in [0.29, 0.717) is 43.4 Å². The van der Waals surface area contributed by atoms with Gasteiger partial charge in [0.1, 0.15) is 15.7 Å². The van der Waals surface area contributed by atoms with Gasteiger partial charge < -0.3 is 15.4 Å². The molecule has 0 aliphatic carbocycles. The average Bonchev–Trinajstić information content (AvgIpc) is 3.36. The zero-order valence-electron chi connectivity index (χ0n) is 19.0. The maximum atomic E-state index is 13.1. The number of hydrogen-bond acceptors (Lipinski definition) is 5. The smallest absolute Gasteiger partial charge is 0.319 e. The number of thiophene rings is 1. The van der Waals surface area contributed by atoms with Gasteiger partial charge in [0.05, 0.1) is 5.02 Å². The summed E-state index contributed by atoms with van der Waals surface area (Å²) in [6.07, 6.45) is 0. The van der Waals surface area contributed by atoms with Crippen molar-refractivity contribution in [1.82, 2.24) is 10.0 Å². The Labute approximate surface area is 233 Å². The van der Waals surface area contributed by atoms with Crippen LogP contribution in [0.1, 0.15) is 0 Å². The highest BCUT2D eigenvalue weighted by Gasteiger charge is 2.23. The normalized spacial score (nSPS) is 11.2. The van der Waals surface area contributed by atoms with Gasteiger partial charge in [0.2, 0.25) is 0 Å². The summed E-state index contributed by atoms with van der Waals surface area (Å²) in [4.78, 5) is 12.1. The number of anilines is 1. The Morgan fingerprint density at radius 1 is 0.838 bits per heavy atom. The third kappa shape index (κ3) is 7.16. The van der Waals surface area contributed by atoms with Gasteiger partial charge >= 0.3 is 6.03 Å². The van der Waals surface area contributed by atoms with E-state index < -0.39 is 16.1 Å². The molecule has 0 saturated heterocycles. The Balaban J connectivity index is 1.42. The zero-order valence-corrected chi connectivity index (χ0v) is 22.9. The minimum atomic E-state index is -3.88. The molecule has 0 aliphatic heterocycles. The van der Waals surface area contributed by atoms with Crippen LogP contribution < -0.4 is 20.1 Å². The molecule has 0 unspecified atom stereocenters. The van der Waals surface area contributed by atoms with Crippen LogP contribution in [0, 0.1) is 0 Å². The van der Waals surface area contributed by atoms with Gasteiger partial charge in [-0.05, 0) is 60.0 Å². The number of benzene rings is 3. The Morgan fingerprint density at radius 2 is 1.57 bits per heavy atom. The summed E-state index contributed by atoms with van der Waals surface area (Å²) in [6.45, 7) is 0.0698. The van der Waals surface area contributed by atoms with Crippen LogP contribution in [0.5, 0.6) is 11.5 Å². The first-order valence-corrected chi connectivity index (χ1v) is 14.3. The van der Waals surface area contributed by atoms with E-state index in [9.17, 15) is 13.2 Å². The summed E-state index contributed by atoms with van der Waals surface area (Å²) in [6, 6.07) is 19.8. The number of hydrogen-bond donors (Lipinski definition) is 3. The Bertz CT molecular complexity index is 1510. The summed E-state index contributed by atoms with van der Waals surface area (Å²) < 4.78 is 34.9. The number of halogens is 3. The van der Waals surface area contributed by atoms with Crippen molar-refractivity contribution in [2.45, 2.75) is 4.21 Å². The first-order chi connectivity index (χ1) is 17.7. The van der Waals surface area contributed by atoms with Crippen LogP contribution in [0.4, 0.5) is 10.5 Å². The van der Waals surface area contributed by atoms with E-state index in [1.54, 1.807) is 78.2 Å². The van der Waals surface area contributed by atoms with Crippen molar-refractivity contribution in [3.8, 4) is 22.6 Å². The molecule has 7 nitrogen and oxygen atoms in total. The van der Waals surface area contributed by atoms with E-state index in [0.717, 1.165) is 11.3 Å². The van der Waals surface area contributed by atoms with E-state index >= 15 is 0 Å². The van der Waals surface area contributed by atoms with Crippen LogP contribution >= 0.6 is 46.1 Å². The molecular weight excluding hydrogens is 577 g/mol. The maximum absolute atomic E-state index is 13.1. The molecule has 0 bridgehead atoms. The predicted octanol–water partition coefficient (Wildman–Crippen LogP) is 7.27. The lowest BCUT2D eigenvalue weighted by Gasteiger charge is -2.14. The molecule has 0 radical (unpaired) electrons. The van der Waals surface area contributed by atoms with Crippen LogP contribution in [-0.2, 0) is 10.0 Å². The van der Waals surface area contributed by atoms with E-state index in [1.165, 1.54) is 0 Å². The van der Waals surface area contributed by atoms with Crippen LogP contribution in [0.25, 0.3) is 11.1 Å². The monoisotopic (exact) mass is 595 g/mol. The van der Waals surface area contributed by atoms with Gasteiger partial charge in [-0.2, -0.15) is 0 Å².